The molecule has 0 saturated carbocycles. The van der Waals surface area contributed by atoms with Crippen LogP contribution in [-0.4, -0.2) is 18.6 Å². The lowest BCUT2D eigenvalue weighted by Crippen LogP contribution is -2.29. The van der Waals surface area contributed by atoms with Crippen LogP contribution in [0.2, 0.25) is 0 Å². The molecule has 0 spiro atoms. The van der Waals surface area contributed by atoms with Crippen LogP contribution in [0.4, 0.5) is 0 Å². The van der Waals surface area contributed by atoms with E-state index in [0.717, 1.165) is 20.6 Å². The zero-order chi connectivity index (χ0) is 16.0. The first-order chi connectivity index (χ1) is 11.1. The van der Waals surface area contributed by atoms with Crippen molar-refractivity contribution in [2.45, 2.75) is 11.4 Å². The van der Waals surface area contributed by atoms with Gasteiger partial charge in [0.15, 0.2) is 0 Å². The summed E-state index contributed by atoms with van der Waals surface area (Å²) in [6.07, 6.45) is 0. The minimum Gasteiger partial charge on any atom is -0.268 e. The van der Waals surface area contributed by atoms with Gasteiger partial charge in [-0.1, -0.05) is 48.5 Å². The van der Waals surface area contributed by atoms with Crippen molar-refractivity contribution in [3.8, 4) is 0 Å². The molecule has 0 radical (unpaired) electrons. The number of benzene rings is 3. The first kappa shape index (κ1) is 14.0. The van der Waals surface area contributed by atoms with Crippen molar-refractivity contribution in [3.05, 3.63) is 77.9 Å². The molecular formula is C18H13NO3S. The molecule has 0 aliphatic carbocycles. The number of hydrogen-bond donors (Lipinski definition) is 0. The van der Waals surface area contributed by atoms with Crippen LogP contribution in [-0.2, 0) is 16.6 Å². The van der Waals surface area contributed by atoms with Crippen LogP contribution in [0.25, 0.3) is 10.8 Å². The van der Waals surface area contributed by atoms with Gasteiger partial charge in [-0.2, -0.15) is 0 Å². The van der Waals surface area contributed by atoms with Gasteiger partial charge in [0.05, 0.1) is 12.1 Å². The molecule has 0 unspecified atom stereocenters. The second-order valence-corrected chi connectivity index (χ2v) is 7.33. The van der Waals surface area contributed by atoms with Crippen LogP contribution in [0.3, 0.4) is 0 Å². The van der Waals surface area contributed by atoms with Crippen LogP contribution < -0.4 is 0 Å². The van der Waals surface area contributed by atoms with Crippen LogP contribution in [0.1, 0.15) is 15.9 Å². The van der Waals surface area contributed by atoms with Crippen molar-refractivity contribution < 1.29 is 13.2 Å². The molecule has 1 amide bonds. The van der Waals surface area contributed by atoms with Gasteiger partial charge < -0.3 is 0 Å². The molecule has 1 aliphatic rings. The van der Waals surface area contributed by atoms with E-state index in [4.69, 9.17) is 0 Å². The number of carbonyl (C=O) groups is 1. The Balaban J connectivity index is 1.75. The molecule has 1 heterocycles. The minimum absolute atomic E-state index is 0.0423. The van der Waals surface area contributed by atoms with Gasteiger partial charge in [-0.25, -0.2) is 12.7 Å². The van der Waals surface area contributed by atoms with Gasteiger partial charge in [0.25, 0.3) is 15.9 Å². The predicted octanol–water partition coefficient (Wildman–Crippen LogP) is 3.18. The van der Waals surface area contributed by atoms with E-state index >= 15 is 0 Å². The molecular weight excluding hydrogens is 310 g/mol. The highest BCUT2D eigenvalue weighted by molar-refractivity contribution is 7.90. The molecule has 0 aromatic heterocycles. The zero-order valence-corrected chi connectivity index (χ0v) is 13.0. The zero-order valence-electron chi connectivity index (χ0n) is 12.1. The van der Waals surface area contributed by atoms with Crippen LogP contribution in [0.5, 0.6) is 0 Å². The number of carbonyl (C=O) groups excluding carboxylic acids is 1. The molecule has 0 fully saturated rings. The van der Waals surface area contributed by atoms with E-state index in [0.29, 0.717) is 0 Å². The number of amides is 1. The highest BCUT2D eigenvalue weighted by Crippen LogP contribution is 2.31. The Morgan fingerprint density at radius 2 is 1.52 bits per heavy atom. The van der Waals surface area contributed by atoms with Crippen LogP contribution in [0.15, 0.2) is 71.6 Å². The summed E-state index contributed by atoms with van der Waals surface area (Å²) in [4.78, 5) is 12.5. The number of hydrogen-bond acceptors (Lipinski definition) is 3. The molecule has 4 nitrogen and oxygen atoms in total. The van der Waals surface area contributed by atoms with E-state index in [1.54, 1.807) is 18.2 Å². The van der Waals surface area contributed by atoms with Gasteiger partial charge in [0.2, 0.25) is 0 Å². The monoisotopic (exact) mass is 323 g/mol. The summed E-state index contributed by atoms with van der Waals surface area (Å²) in [5.41, 5.74) is 1.03. The molecule has 0 saturated heterocycles. The van der Waals surface area contributed by atoms with Crippen molar-refractivity contribution >= 4 is 26.7 Å². The third-order valence-corrected chi connectivity index (χ3v) is 5.84. The highest BCUT2D eigenvalue weighted by atomic mass is 32.2. The SMILES string of the molecule is O=C1c2ccccc2S(=O)(=O)N1Cc1ccc2ccccc2c1. The summed E-state index contributed by atoms with van der Waals surface area (Å²) in [7, 11) is -3.76. The summed E-state index contributed by atoms with van der Waals surface area (Å²) in [5, 5.41) is 2.10. The fraction of sp³-hybridized carbons (Fsp3) is 0.0556. The maximum atomic E-state index is 12.6. The predicted molar refractivity (Wildman–Crippen MR) is 87.4 cm³/mol. The highest BCUT2D eigenvalue weighted by Gasteiger charge is 2.40. The Labute approximate surface area is 134 Å². The van der Waals surface area contributed by atoms with E-state index < -0.39 is 15.9 Å². The van der Waals surface area contributed by atoms with Crippen LogP contribution >= 0.6 is 0 Å². The summed E-state index contributed by atoms with van der Waals surface area (Å²) in [6.45, 7) is 0.0423. The molecule has 114 valence electrons. The van der Waals surface area contributed by atoms with E-state index in [-0.39, 0.29) is 17.0 Å². The quantitative estimate of drug-likeness (QED) is 0.728. The van der Waals surface area contributed by atoms with Crippen LogP contribution in [0, 0.1) is 0 Å². The van der Waals surface area contributed by atoms with Crippen molar-refractivity contribution in [2.75, 3.05) is 0 Å². The van der Waals surface area contributed by atoms with Gasteiger partial charge in [0, 0.05) is 0 Å². The Morgan fingerprint density at radius 3 is 2.30 bits per heavy atom. The van der Waals surface area contributed by atoms with Gasteiger partial charge in [-0.05, 0) is 34.5 Å². The lowest BCUT2D eigenvalue weighted by atomic mass is 10.1. The molecule has 23 heavy (non-hydrogen) atoms. The normalized spacial score (nSPS) is 15.8. The van der Waals surface area contributed by atoms with E-state index in [2.05, 4.69) is 0 Å². The fourth-order valence-electron chi connectivity index (χ4n) is 2.89. The van der Waals surface area contributed by atoms with Gasteiger partial charge >= 0.3 is 0 Å². The van der Waals surface area contributed by atoms with Crippen molar-refractivity contribution in [1.29, 1.82) is 0 Å². The summed E-state index contributed by atoms with van der Waals surface area (Å²) >= 11 is 0. The van der Waals surface area contributed by atoms with E-state index in [9.17, 15) is 13.2 Å². The molecule has 0 bridgehead atoms. The summed E-state index contributed by atoms with van der Waals surface area (Å²) in [6, 6.07) is 19.9. The number of rotatable bonds is 2. The van der Waals surface area contributed by atoms with Crippen molar-refractivity contribution in [2.24, 2.45) is 0 Å². The van der Waals surface area contributed by atoms with Gasteiger partial charge in [-0.3, -0.25) is 4.79 Å². The maximum Gasteiger partial charge on any atom is 0.269 e. The molecule has 1 aliphatic heterocycles. The second kappa shape index (κ2) is 4.93. The average molecular weight is 323 g/mol. The maximum absolute atomic E-state index is 12.6. The third kappa shape index (κ3) is 2.12. The standard InChI is InChI=1S/C18H13NO3S/c20-18-16-7-3-4-8-17(16)23(21,22)19(18)12-13-9-10-14-5-1-2-6-15(14)11-13/h1-11H,12H2. The average Bonchev–Trinajstić information content (AvgIpc) is 2.76. The fourth-order valence-corrected chi connectivity index (χ4v) is 4.45. The van der Waals surface area contributed by atoms with Gasteiger partial charge in [-0.15, -0.1) is 0 Å². The molecule has 5 heteroatoms. The second-order valence-electron chi connectivity index (χ2n) is 5.49. The summed E-state index contributed by atoms with van der Waals surface area (Å²) < 4.78 is 26.1. The van der Waals surface area contributed by atoms with Gasteiger partial charge in [0.1, 0.15) is 4.90 Å². The van der Waals surface area contributed by atoms with Crippen molar-refractivity contribution in [1.82, 2.24) is 4.31 Å². The molecule has 0 atom stereocenters. The molecule has 3 aromatic carbocycles. The minimum atomic E-state index is -3.76. The Bertz CT molecular complexity index is 1040. The largest absolute Gasteiger partial charge is 0.269 e. The topological polar surface area (TPSA) is 54.5 Å². The smallest absolute Gasteiger partial charge is 0.268 e. The lowest BCUT2D eigenvalue weighted by Gasteiger charge is -2.15. The Hall–Kier alpha value is -2.66. The summed E-state index contributed by atoms with van der Waals surface area (Å²) in [5.74, 6) is -0.464. The van der Waals surface area contributed by atoms with E-state index in [1.807, 2.05) is 42.5 Å². The molecule has 4 rings (SSSR count). The molecule has 0 N–H and O–H groups in total. The van der Waals surface area contributed by atoms with E-state index in [1.165, 1.54) is 6.07 Å². The Morgan fingerprint density at radius 1 is 0.826 bits per heavy atom. The number of nitrogens with zero attached hydrogens (tertiary/aromatic N) is 1. The van der Waals surface area contributed by atoms with Crippen molar-refractivity contribution in [3.63, 3.8) is 0 Å². The number of sulfonamides is 1. The first-order valence-corrected chi connectivity index (χ1v) is 8.65. The number of fused-ring (bicyclic) bond motifs is 2. The molecule has 3 aromatic rings. The first-order valence-electron chi connectivity index (χ1n) is 7.21. The Kier molecular flexibility index (Phi) is 2.99. The third-order valence-electron chi connectivity index (χ3n) is 4.05. The lowest BCUT2D eigenvalue weighted by molar-refractivity contribution is 0.0865.